The van der Waals surface area contributed by atoms with E-state index in [1.165, 1.54) is 0 Å². The number of sulfonamides is 1. The molecule has 0 spiro atoms. The van der Waals surface area contributed by atoms with Gasteiger partial charge in [0.2, 0.25) is 0 Å². The summed E-state index contributed by atoms with van der Waals surface area (Å²) in [5.74, 6) is 0.0480. The van der Waals surface area contributed by atoms with Crippen molar-refractivity contribution in [2.75, 3.05) is 25.0 Å². The molecule has 1 saturated heterocycles. The molecule has 2 atom stereocenters. The van der Waals surface area contributed by atoms with Crippen LogP contribution in [-0.2, 0) is 10.0 Å². The lowest BCUT2D eigenvalue weighted by atomic mass is 9.93. The summed E-state index contributed by atoms with van der Waals surface area (Å²) in [7, 11) is -3.54. The maximum absolute atomic E-state index is 12.9. The largest absolute Gasteiger partial charge is 0.511 e. The molecule has 1 N–H and O–H groups in total. The van der Waals surface area contributed by atoms with Gasteiger partial charge >= 0.3 is 15.5 Å². The van der Waals surface area contributed by atoms with Gasteiger partial charge in [0.1, 0.15) is 5.65 Å². The van der Waals surface area contributed by atoms with E-state index in [2.05, 4.69) is 9.97 Å². The van der Waals surface area contributed by atoms with E-state index >= 15 is 0 Å². The van der Waals surface area contributed by atoms with Crippen LogP contribution in [0.15, 0.2) is 24.5 Å². The van der Waals surface area contributed by atoms with Crippen LogP contribution in [0.3, 0.4) is 0 Å². The Morgan fingerprint density at radius 1 is 1.36 bits per heavy atom. The van der Waals surface area contributed by atoms with Gasteiger partial charge in [-0.1, -0.05) is 6.92 Å². The zero-order valence-electron chi connectivity index (χ0n) is 13.8. The molecule has 2 unspecified atom stereocenters. The molecule has 1 fully saturated rings. The van der Waals surface area contributed by atoms with Crippen molar-refractivity contribution in [3.8, 4) is 0 Å². The van der Waals surface area contributed by atoms with Crippen LogP contribution in [-0.4, -0.2) is 54.4 Å². The molecule has 6 nitrogen and oxygen atoms in total. The molecule has 0 saturated carbocycles. The van der Waals surface area contributed by atoms with E-state index in [0.29, 0.717) is 16.4 Å². The average Bonchev–Trinajstić information content (AvgIpc) is 3.02. The molecule has 0 bridgehead atoms. The summed E-state index contributed by atoms with van der Waals surface area (Å²) >= 11 is 0. The summed E-state index contributed by atoms with van der Waals surface area (Å²) in [5.41, 5.74) is -3.80. The van der Waals surface area contributed by atoms with Crippen molar-refractivity contribution in [3.05, 3.63) is 24.5 Å². The molecule has 0 amide bonds. The molecule has 10 heteroatoms. The third kappa shape index (κ3) is 3.08. The Kier molecular flexibility index (Phi) is 4.44. The molecule has 0 radical (unpaired) electrons. The van der Waals surface area contributed by atoms with Crippen LogP contribution in [0.25, 0.3) is 11.0 Å². The topological polar surface area (TPSA) is 69.3 Å². The maximum atomic E-state index is 12.9. The molecule has 0 aliphatic carbocycles. The highest BCUT2D eigenvalue weighted by molar-refractivity contribution is 7.90. The number of anilines is 1. The van der Waals surface area contributed by atoms with Gasteiger partial charge in [0, 0.05) is 49.6 Å². The summed E-state index contributed by atoms with van der Waals surface area (Å²) in [5, 5.41) is 0.841. The van der Waals surface area contributed by atoms with Gasteiger partial charge in [0.05, 0.1) is 0 Å². The molecule has 2 aromatic rings. The summed E-state index contributed by atoms with van der Waals surface area (Å²) < 4.78 is 62.7. The second kappa shape index (κ2) is 6.17. The summed E-state index contributed by atoms with van der Waals surface area (Å²) in [6.45, 7) is 1.60. The lowest BCUT2D eigenvalue weighted by Gasteiger charge is -2.42. The van der Waals surface area contributed by atoms with Crippen LogP contribution >= 0.6 is 0 Å². The van der Waals surface area contributed by atoms with Gasteiger partial charge in [-0.25, -0.2) is 13.4 Å². The first-order chi connectivity index (χ1) is 11.6. The lowest BCUT2D eigenvalue weighted by Crippen LogP contribution is -2.54. The molecular formula is C15H19F3N4O2S. The Hall–Kier alpha value is -1.81. The van der Waals surface area contributed by atoms with E-state index in [-0.39, 0.29) is 25.0 Å². The first-order valence-corrected chi connectivity index (χ1v) is 9.28. The number of hydrogen-bond donors (Lipinski definition) is 1. The van der Waals surface area contributed by atoms with Crippen molar-refractivity contribution >= 4 is 26.7 Å². The average molecular weight is 376 g/mol. The summed E-state index contributed by atoms with van der Waals surface area (Å²) in [6.07, 6.45) is 3.72. The second-order valence-electron chi connectivity index (χ2n) is 6.32. The van der Waals surface area contributed by atoms with Gasteiger partial charge in [-0.2, -0.15) is 17.5 Å². The molecule has 1 aliphatic rings. The molecule has 3 rings (SSSR count). The van der Waals surface area contributed by atoms with E-state index in [1.54, 1.807) is 25.5 Å². The Morgan fingerprint density at radius 2 is 2.08 bits per heavy atom. The molecule has 0 aromatic carbocycles. The minimum absolute atomic E-state index is 0.0480. The highest BCUT2D eigenvalue weighted by Crippen LogP contribution is 2.34. The SMILES string of the molecule is CC1CCN(S(=O)(=O)C(F)(F)F)CC1N(C)c1ccnc2[nH]ccc12. The smallest absolute Gasteiger partial charge is 0.369 e. The summed E-state index contributed by atoms with van der Waals surface area (Å²) in [6, 6.07) is 3.25. The van der Waals surface area contributed by atoms with Gasteiger partial charge in [-0.3, -0.25) is 0 Å². The number of pyridine rings is 1. The zero-order chi connectivity index (χ0) is 18.4. The van der Waals surface area contributed by atoms with Crippen molar-refractivity contribution in [1.82, 2.24) is 14.3 Å². The standard InChI is InChI=1S/C15H19F3N4O2S/c1-10-5-8-22(25(23,24)15(16,17)18)9-13(10)21(2)12-4-7-20-14-11(12)3-6-19-14/h3-4,6-7,10,13H,5,8-9H2,1-2H3,(H,19,20). The lowest BCUT2D eigenvalue weighted by molar-refractivity contribution is -0.0498. The fourth-order valence-electron chi connectivity index (χ4n) is 3.32. The van der Waals surface area contributed by atoms with Crippen LogP contribution in [0.2, 0.25) is 0 Å². The predicted octanol–water partition coefficient (Wildman–Crippen LogP) is 2.56. The van der Waals surface area contributed by atoms with Gasteiger partial charge in [0.25, 0.3) is 0 Å². The number of aromatic amines is 1. The van der Waals surface area contributed by atoms with Crippen molar-refractivity contribution in [1.29, 1.82) is 0 Å². The minimum Gasteiger partial charge on any atom is -0.369 e. The maximum Gasteiger partial charge on any atom is 0.511 e. The fourth-order valence-corrected chi connectivity index (χ4v) is 4.31. The number of nitrogens with zero attached hydrogens (tertiary/aromatic N) is 3. The number of fused-ring (bicyclic) bond motifs is 1. The molecule has 25 heavy (non-hydrogen) atoms. The highest BCUT2D eigenvalue weighted by atomic mass is 32.2. The van der Waals surface area contributed by atoms with Crippen LogP contribution in [0.4, 0.5) is 18.9 Å². The van der Waals surface area contributed by atoms with Gasteiger partial charge in [-0.05, 0) is 24.5 Å². The van der Waals surface area contributed by atoms with Crippen molar-refractivity contribution in [3.63, 3.8) is 0 Å². The number of piperidine rings is 1. The normalized spacial score (nSPS) is 23.1. The van der Waals surface area contributed by atoms with Crippen molar-refractivity contribution in [2.45, 2.75) is 24.9 Å². The first kappa shape index (κ1) is 18.0. The van der Waals surface area contributed by atoms with Crippen LogP contribution < -0.4 is 4.90 Å². The molecule has 3 heterocycles. The number of alkyl halides is 3. The quantitative estimate of drug-likeness (QED) is 0.894. The minimum atomic E-state index is -5.32. The number of hydrogen-bond acceptors (Lipinski definition) is 4. The third-order valence-corrected chi connectivity index (χ3v) is 6.42. The molecule has 1 aliphatic heterocycles. The Balaban J connectivity index is 1.91. The van der Waals surface area contributed by atoms with E-state index in [4.69, 9.17) is 0 Å². The van der Waals surface area contributed by atoms with Gasteiger partial charge in [-0.15, -0.1) is 0 Å². The Bertz CT molecular complexity index is 865. The van der Waals surface area contributed by atoms with Crippen LogP contribution in [0.1, 0.15) is 13.3 Å². The molecule has 138 valence electrons. The number of aromatic nitrogens is 2. The van der Waals surface area contributed by atoms with E-state index in [9.17, 15) is 21.6 Å². The Labute approximate surface area is 143 Å². The third-order valence-electron chi connectivity index (χ3n) is 4.83. The monoisotopic (exact) mass is 376 g/mol. The zero-order valence-corrected chi connectivity index (χ0v) is 14.6. The first-order valence-electron chi connectivity index (χ1n) is 7.84. The number of nitrogens with one attached hydrogen (secondary N) is 1. The molecular weight excluding hydrogens is 357 g/mol. The Morgan fingerprint density at radius 3 is 2.76 bits per heavy atom. The second-order valence-corrected chi connectivity index (χ2v) is 8.25. The van der Waals surface area contributed by atoms with E-state index in [1.807, 2.05) is 17.9 Å². The van der Waals surface area contributed by atoms with Crippen molar-refractivity contribution in [2.24, 2.45) is 5.92 Å². The predicted molar refractivity (Wildman–Crippen MR) is 88.6 cm³/mol. The molecule has 2 aromatic heterocycles. The van der Waals surface area contributed by atoms with Crippen LogP contribution in [0.5, 0.6) is 0 Å². The highest BCUT2D eigenvalue weighted by Gasteiger charge is 2.51. The number of halogens is 3. The number of likely N-dealkylation sites (N-methyl/N-ethyl adjacent to an activating group) is 1. The van der Waals surface area contributed by atoms with E-state index in [0.717, 1.165) is 11.1 Å². The number of H-pyrrole nitrogens is 1. The fraction of sp³-hybridized carbons (Fsp3) is 0.533. The van der Waals surface area contributed by atoms with Crippen LogP contribution in [0, 0.1) is 5.92 Å². The van der Waals surface area contributed by atoms with E-state index < -0.39 is 15.5 Å². The van der Waals surface area contributed by atoms with Gasteiger partial charge in [0.15, 0.2) is 0 Å². The number of rotatable bonds is 3. The van der Waals surface area contributed by atoms with Crippen molar-refractivity contribution < 1.29 is 21.6 Å². The summed E-state index contributed by atoms with van der Waals surface area (Å²) in [4.78, 5) is 9.03. The van der Waals surface area contributed by atoms with Gasteiger partial charge < -0.3 is 9.88 Å².